The van der Waals surface area contributed by atoms with Crippen LogP contribution in [-0.4, -0.2) is 22.5 Å². The van der Waals surface area contributed by atoms with Gasteiger partial charge in [0.1, 0.15) is 5.82 Å². The standard InChI is InChI=1S/C15H22N2O2/c1-7-19-13(18)12(10(2)3)11-8-16-14(17-9-11)15(4,5)6/h8-9H,7H2,1-6H3. The molecular weight excluding hydrogens is 240 g/mol. The normalized spacial score (nSPS) is 11.1. The van der Waals surface area contributed by atoms with Gasteiger partial charge in [0.15, 0.2) is 0 Å². The van der Waals surface area contributed by atoms with E-state index in [0.717, 1.165) is 11.4 Å². The Hall–Kier alpha value is -1.71. The fraction of sp³-hybridized carbons (Fsp3) is 0.533. The topological polar surface area (TPSA) is 52.1 Å². The van der Waals surface area contributed by atoms with E-state index in [1.165, 1.54) is 0 Å². The first kappa shape index (κ1) is 15.3. The molecule has 4 nitrogen and oxygen atoms in total. The first-order valence-electron chi connectivity index (χ1n) is 6.44. The number of hydrogen-bond donors (Lipinski definition) is 0. The van der Waals surface area contributed by atoms with Crippen LogP contribution in [0.15, 0.2) is 18.0 Å². The van der Waals surface area contributed by atoms with Crippen molar-refractivity contribution in [3.8, 4) is 0 Å². The molecule has 0 fully saturated rings. The molecule has 0 unspecified atom stereocenters. The number of carbonyl (C=O) groups excluding carboxylic acids is 1. The van der Waals surface area contributed by atoms with E-state index in [1.807, 2.05) is 13.8 Å². The van der Waals surface area contributed by atoms with E-state index in [4.69, 9.17) is 4.74 Å². The number of allylic oxidation sites excluding steroid dienone is 1. The number of ether oxygens (including phenoxy) is 1. The summed E-state index contributed by atoms with van der Waals surface area (Å²) < 4.78 is 5.06. The van der Waals surface area contributed by atoms with E-state index in [1.54, 1.807) is 19.3 Å². The second-order valence-corrected chi connectivity index (χ2v) is 5.64. The van der Waals surface area contributed by atoms with Gasteiger partial charge in [-0.05, 0) is 20.8 Å². The largest absolute Gasteiger partial charge is 0.462 e. The third-order valence-corrected chi connectivity index (χ3v) is 2.59. The lowest BCUT2D eigenvalue weighted by Crippen LogP contribution is -2.16. The highest BCUT2D eigenvalue weighted by atomic mass is 16.5. The van der Waals surface area contributed by atoms with Crippen LogP contribution in [0.4, 0.5) is 0 Å². The average Bonchev–Trinajstić information content (AvgIpc) is 2.28. The highest BCUT2D eigenvalue weighted by molar-refractivity contribution is 6.17. The second kappa shape index (κ2) is 5.95. The Balaban J connectivity index is 3.14. The molecule has 0 bridgehead atoms. The number of rotatable bonds is 3. The van der Waals surface area contributed by atoms with Crippen LogP contribution < -0.4 is 0 Å². The number of hydrogen-bond acceptors (Lipinski definition) is 4. The van der Waals surface area contributed by atoms with E-state index in [-0.39, 0.29) is 11.4 Å². The molecule has 0 aromatic carbocycles. The predicted octanol–water partition coefficient (Wildman–Crippen LogP) is 3.13. The molecule has 4 heteroatoms. The van der Waals surface area contributed by atoms with E-state index in [2.05, 4.69) is 30.7 Å². The number of esters is 1. The van der Waals surface area contributed by atoms with E-state index >= 15 is 0 Å². The van der Waals surface area contributed by atoms with E-state index in [0.29, 0.717) is 17.7 Å². The molecule has 0 amide bonds. The summed E-state index contributed by atoms with van der Waals surface area (Å²) in [5.74, 6) is 0.433. The van der Waals surface area contributed by atoms with Crippen molar-refractivity contribution in [2.24, 2.45) is 0 Å². The van der Waals surface area contributed by atoms with Crippen molar-refractivity contribution in [1.82, 2.24) is 9.97 Å². The van der Waals surface area contributed by atoms with Gasteiger partial charge in [-0.15, -0.1) is 0 Å². The van der Waals surface area contributed by atoms with E-state index < -0.39 is 0 Å². The van der Waals surface area contributed by atoms with Crippen molar-refractivity contribution in [3.05, 3.63) is 29.4 Å². The van der Waals surface area contributed by atoms with Gasteiger partial charge in [-0.1, -0.05) is 26.3 Å². The summed E-state index contributed by atoms with van der Waals surface area (Å²) in [4.78, 5) is 20.6. The zero-order chi connectivity index (χ0) is 14.6. The molecule has 104 valence electrons. The molecule has 0 saturated carbocycles. The molecule has 19 heavy (non-hydrogen) atoms. The molecule has 0 aliphatic carbocycles. The van der Waals surface area contributed by atoms with Crippen LogP contribution in [0.25, 0.3) is 5.57 Å². The lowest BCUT2D eigenvalue weighted by atomic mass is 9.95. The van der Waals surface area contributed by atoms with Gasteiger partial charge in [0.2, 0.25) is 0 Å². The summed E-state index contributed by atoms with van der Waals surface area (Å²) in [6, 6.07) is 0. The zero-order valence-corrected chi connectivity index (χ0v) is 12.6. The van der Waals surface area contributed by atoms with Crippen LogP contribution in [-0.2, 0) is 14.9 Å². The Labute approximate surface area is 114 Å². The van der Waals surface area contributed by atoms with Crippen molar-refractivity contribution in [2.45, 2.75) is 47.0 Å². The summed E-state index contributed by atoms with van der Waals surface area (Å²) in [5, 5.41) is 0. The van der Waals surface area contributed by atoms with Crippen LogP contribution >= 0.6 is 0 Å². The minimum Gasteiger partial charge on any atom is -0.462 e. The van der Waals surface area contributed by atoms with Gasteiger partial charge in [0.05, 0.1) is 12.2 Å². The number of carbonyl (C=O) groups is 1. The molecular formula is C15H22N2O2. The van der Waals surface area contributed by atoms with Crippen LogP contribution in [0.3, 0.4) is 0 Å². The quantitative estimate of drug-likeness (QED) is 0.620. The minimum absolute atomic E-state index is 0.104. The number of nitrogens with zero attached hydrogens (tertiary/aromatic N) is 2. The lowest BCUT2D eigenvalue weighted by molar-refractivity contribution is -0.136. The van der Waals surface area contributed by atoms with Crippen LogP contribution in [0.1, 0.15) is 52.9 Å². The molecule has 1 heterocycles. The van der Waals surface area contributed by atoms with Gasteiger partial charge in [0.25, 0.3) is 0 Å². The Morgan fingerprint density at radius 1 is 1.21 bits per heavy atom. The van der Waals surface area contributed by atoms with Gasteiger partial charge < -0.3 is 4.74 Å². The lowest BCUT2D eigenvalue weighted by Gasteiger charge is -2.16. The van der Waals surface area contributed by atoms with Gasteiger partial charge in [0, 0.05) is 23.4 Å². The predicted molar refractivity (Wildman–Crippen MR) is 75.6 cm³/mol. The molecule has 0 aliphatic rings. The SMILES string of the molecule is CCOC(=O)C(=C(C)C)c1cnc(C(C)(C)C)nc1. The molecule has 1 aromatic rings. The zero-order valence-electron chi connectivity index (χ0n) is 12.6. The molecule has 0 spiro atoms. The van der Waals surface area contributed by atoms with Crippen molar-refractivity contribution in [2.75, 3.05) is 6.61 Å². The Bertz CT molecular complexity index is 478. The van der Waals surface area contributed by atoms with Gasteiger partial charge in [-0.2, -0.15) is 0 Å². The second-order valence-electron chi connectivity index (χ2n) is 5.64. The maximum absolute atomic E-state index is 11.9. The van der Waals surface area contributed by atoms with Crippen molar-refractivity contribution in [1.29, 1.82) is 0 Å². The Kier molecular flexibility index (Phi) is 4.81. The molecule has 1 rings (SSSR count). The number of aromatic nitrogens is 2. The molecule has 0 atom stereocenters. The minimum atomic E-state index is -0.324. The Morgan fingerprint density at radius 3 is 2.11 bits per heavy atom. The first-order chi connectivity index (χ1) is 8.77. The smallest absolute Gasteiger partial charge is 0.338 e. The fourth-order valence-electron chi connectivity index (χ4n) is 1.66. The average molecular weight is 262 g/mol. The summed E-state index contributed by atoms with van der Waals surface area (Å²) in [7, 11) is 0. The molecule has 1 aromatic heterocycles. The molecule has 0 N–H and O–H groups in total. The fourth-order valence-corrected chi connectivity index (χ4v) is 1.66. The van der Waals surface area contributed by atoms with Crippen LogP contribution in [0.2, 0.25) is 0 Å². The Morgan fingerprint density at radius 2 is 1.74 bits per heavy atom. The third-order valence-electron chi connectivity index (χ3n) is 2.59. The highest BCUT2D eigenvalue weighted by Gasteiger charge is 2.19. The van der Waals surface area contributed by atoms with Crippen molar-refractivity contribution >= 4 is 11.5 Å². The third kappa shape index (κ3) is 3.88. The first-order valence-corrected chi connectivity index (χ1v) is 6.44. The van der Waals surface area contributed by atoms with Crippen molar-refractivity contribution < 1.29 is 9.53 Å². The highest BCUT2D eigenvalue weighted by Crippen LogP contribution is 2.22. The molecule has 0 saturated heterocycles. The summed E-state index contributed by atoms with van der Waals surface area (Å²) >= 11 is 0. The van der Waals surface area contributed by atoms with Gasteiger partial charge >= 0.3 is 5.97 Å². The van der Waals surface area contributed by atoms with Gasteiger partial charge in [-0.3, -0.25) is 0 Å². The molecule has 0 aliphatic heterocycles. The monoisotopic (exact) mass is 262 g/mol. The van der Waals surface area contributed by atoms with Crippen LogP contribution in [0, 0.1) is 0 Å². The van der Waals surface area contributed by atoms with Gasteiger partial charge in [-0.25, -0.2) is 14.8 Å². The summed E-state index contributed by atoms with van der Waals surface area (Å²) in [5.41, 5.74) is 2.03. The maximum Gasteiger partial charge on any atom is 0.338 e. The summed E-state index contributed by atoms with van der Waals surface area (Å²) in [6.45, 7) is 12.1. The van der Waals surface area contributed by atoms with Crippen LogP contribution in [0.5, 0.6) is 0 Å². The van der Waals surface area contributed by atoms with Crippen molar-refractivity contribution in [3.63, 3.8) is 0 Å². The maximum atomic E-state index is 11.9. The van der Waals surface area contributed by atoms with E-state index in [9.17, 15) is 4.79 Å². The molecule has 0 radical (unpaired) electrons. The summed E-state index contributed by atoms with van der Waals surface area (Å²) in [6.07, 6.45) is 3.37.